The van der Waals surface area contributed by atoms with Gasteiger partial charge in [0.05, 0.1) is 6.04 Å². The maximum absolute atomic E-state index is 12.7. The molecule has 1 saturated heterocycles. The number of benzene rings is 2. The van der Waals surface area contributed by atoms with E-state index >= 15 is 0 Å². The Morgan fingerprint density at radius 1 is 1.00 bits per heavy atom. The van der Waals surface area contributed by atoms with Crippen molar-refractivity contribution in [1.29, 1.82) is 0 Å². The quantitative estimate of drug-likeness (QED) is 0.510. The van der Waals surface area contributed by atoms with E-state index in [1.54, 1.807) is 24.3 Å². The summed E-state index contributed by atoms with van der Waals surface area (Å²) in [5, 5.41) is 11.2. The number of hydrogen-bond acceptors (Lipinski definition) is 5. The molecule has 1 aliphatic heterocycles. The van der Waals surface area contributed by atoms with Gasteiger partial charge in [-0.3, -0.25) is 0 Å². The summed E-state index contributed by atoms with van der Waals surface area (Å²) >= 11 is 11.9. The second-order valence-electron chi connectivity index (χ2n) is 7.47. The van der Waals surface area contributed by atoms with E-state index in [9.17, 15) is 4.79 Å². The monoisotopic (exact) mass is 459 g/mol. The topological polar surface area (TPSA) is 83.3 Å². The van der Waals surface area contributed by atoms with Crippen LogP contribution in [0, 0.1) is 0 Å². The molecule has 9 heteroatoms. The second kappa shape index (κ2) is 10.0. The zero-order valence-electron chi connectivity index (χ0n) is 16.9. The van der Waals surface area contributed by atoms with E-state index in [1.807, 2.05) is 24.3 Å². The molecule has 2 aromatic carbocycles. The van der Waals surface area contributed by atoms with Crippen molar-refractivity contribution in [2.45, 2.75) is 31.7 Å². The van der Waals surface area contributed by atoms with Crippen LogP contribution in [-0.2, 0) is 6.42 Å². The van der Waals surface area contributed by atoms with Crippen LogP contribution in [-0.4, -0.2) is 29.3 Å². The Labute approximate surface area is 190 Å². The number of anilines is 2. The molecule has 0 radical (unpaired) electrons. The normalized spacial score (nSPS) is 14.8. The number of aromatic nitrogens is 2. The zero-order chi connectivity index (χ0) is 21.6. The van der Waals surface area contributed by atoms with Crippen LogP contribution < -0.4 is 15.5 Å². The maximum atomic E-state index is 12.7. The fourth-order valence-electron chi connectivity index (χ4n) is 3.50. The lowest BCUT2D eigenvalue weighted by Gasteiger charge is -2.24. The largest absolute Gasteiger partial charge is 0.327 e. The predicted molar refractivity (Wildman–Crippen MR) is 122 cm³/mol. The first kappa shape index (κ1) is 21.5. The molecule has 2 amide bonds. The lowest BCUT2D eigenvalue weighted by molar-refractivity contribution is 0.247. The molecule has 0 aliphatic carbocycles. The van der Waals surface area contributed by atoms with Gasteiger partial charge >= 0.3 is 12.0 Å². The van der Waals surface area contributed by atoms with Gasteiger partial charge in [-0.1, -0.05) is 40.5 Å². The average molecular weight is 460 g/mol. The summed E-state index contributed by atoms with van der Waals surface area (Å²) in [5.41, 5.74) is 1.62. The number of carbonyl (C=O) groups is 1. The summed E-state index contributed by atoms with van der Waals surface area (Å²) in [5.74, 6) is 0.432. The Hall–Kier alpha value is -2.77. The minimum absolute atomic E-state index is 0.370. The Balaban J connectivity index is 1.50. The number of carbonyl (C=O) groups excluding carboxylic acids is 1. The number of hydrogen-bond donors (Lipinski definition) is 2. The molecule has 0 unspecified atom stereocenters. The summed E-state index contributed by atoms with van der Waals surface area (Å²) in [7, 11) is 0. The van der Waals surface area contributed by atoms with E-state index in [1.165, 1.54) is 6.42 Å². The Morgan fingerprint density at radius 2 is 1.65 bits per heavy atom. The van der Waals surface area contributed by atoms with Crippen LogP contribution in [0.1, 0.15) is 36.7 Å². The van der Waals surface area contributed by atoms with E-state index in [0.29, 0.717) is 34.0 Å². The van der Waals surface area contributed by atoms with E-state index < -0.39 is 6.04 Å². The van der Waals surface area contributed by atoms with Crippen LogP contribution in [0.25, 0.3) is 0 Å². The van der Waals surface area contributed by atoms with Gasteiger partial charge < -0.3 is 20.1 Å². The summed E-state index contributed by atoms with van der Waals surface area (Å²) in [6.07, 6.45) is 3.91. The molecule has 1 aromatic heterocycles. The van der Waals surface area contributed by atoms with Crippen molar-refractivity contribution < 1.29 is 9.32 Å². The summed E-state index contributed by atoms with van der Waals surface area (Å²) in [4.78, 5) is 19.3. The van der Waals surface area contributed by atoms with Gasteiger partial charge in [0.15, 0.2) is 5.82 Å². The molecule has 3 aromatic rings. The van der Waals surface area contributed by atoms with Crippen molar-refractivity contribution in [3.05, 3.63) is 70.0 Å². The molecular weight excluding hydrogens is 437 g/mol. The number of amides is 2. The van der Waals surface area contributed by atoms with Crippen molar-refractivity contribution in [1.82, 2.24) is 15.5 Å². The highest BCUT2D eigenvalue weighted by Crippen LogP contribution is 2.23. The molecular formula is C22H23Cl2N5O2. The molecule has 162 valence electrons. The SMILES string of the molecule is O=C(Nc1ccc(Cl)cc1)N[C@@H](Cc1ccc(Cl)cc1)c1noc(N2CCCCC2)n1. The van der Waals surface area contributed by atoms with Crippen LogP contribution in [0.5, 0.6) is 0 Å². The first-order chi connectivity index (χ1) is 15.1. The van der Waals surface area contributed by atoms with E-state index in [0.717, 1.165) is 31.5 Å². The van der Waals surface area contributed by atoms with Gasteiger partial charge in [0.2, 0.25) is 0 Å². The summed E-state index contributed by atoms with van der Waals surface area (Å²) in [6, 6.07) is 14.0. The fraction of sp³-hybridized carbons (Fsp3) is 0.318. The molecule has 0 bridgehead atoms. The molecule has 1 atom stereocenters. The number of rotatable bonds is 6. The Morgan fingerprint density at radius 3 is 2.32 bits per heavy atom. The number of halogens is 2. The third kappa shape index (κ3) is 5.89. The lowest BCUT2D eigenvalue weighted by Crippen LogP contribution is -2.34. The molecule has 31 heavy (non-hydrogen) atoms. The van der Waals surface area contributed by atoms with Crippen molar-refractivity contribution in [3.8, 4) is 0 Å². The molecule has 2 heterocycles. The Kier molecular flexibility index (Phi) is 6.94. The third-order valence-corrected chi connectivity index (χ3v) is 5.63. The molecule has 1 fully saturated rings. The van der Waals surface area contributed by atoms with Crippen LogP contribution in [0.15, 0.2) is 53.1 Å². The van der Waals surface area contributed by atoms with E-state index in [-0.39, 0.29) is 6.03 Å². The van der Waals surface area contributed by atoms with Crippen molar-refractivity contribution in [2.24, 2.45) is 0 Å². The van der Waals surface area contributed by atoms with Gasteiger partial charge in [0.25, 0.3) is 0 Å². The first-order valence-electron chi connectivity index (χ1n) is 10.2. The smallest absolute Gasteiger partial charge is 0.324 e. The first-order valence-corrected chi connectivity index (χ1v) is 11.0. The molecule has 2 N–H and O–H groups in total. The van der Waals surface area contributed by atoms with Crippen LogP contribution >= 0.6 is 23.2 Å². The molecule has 0 saturated carbocycles. The average Bonchev–Trinajstić information content (AvgIpc) is 3.27. The highest BCUT2D eigenvalue weighted by atomic mass is 35.5. The molecule has 4 rings (SSSR count). The van der Waals surface area contributed by atoms with Gasteiger partial charge in [-0.2, -0.15) is 4.98 Å². The van der Waals surface area contributed by atoms with Crippen molar-refractivity contribution >= 4 is 40.9 Å². The predicted octanol–water partition coefficient (Wildman–Crippen LogP) is 5.47. The zero-order valence-corrected chi connectivity index (χ0v) is 18.4. The number of urea groups is 1. The van der Waals surface area contributed by atoms with Crippen LogP contribution in [0.4, 0.5) is 16.5 Å². The maximum Gasteiger partial charge on any atom is 0.324 e. The second-order valence-corrected chi connectivity index (χ2v) is 8.34. The van der Waals surface area contributed by atoms with Crippen molar-refractivity contribution in [2.75, 3.05) is 23.3 Å². The van der Waals surface area contributed by atoms with Gasteiger partial charge in [-0.15, -0.1) is 0 Å². The number of nitrogens with one attached hydrogen (secondary N) is 2. The molecule has 1 aliphatic rings. The number of nitrogens with zero attached hydrogens (tertiary/aromatic N) is 3. The molecule has 7 nitrogen and oxygen atoms in total. The van der Waals surface area contributed by atoms with Crippen LogP contribution in [0.2, 0.25) is 10.0 Å². The summed E-state index contributed by atoms with van der Waals surface area (Å²) < 4.78 is 5.51. The fourth-order valence-corrected chi connectivity index (χ4v) is 3.76. The standard InChI is InChI=1S/C22H23Cl2N5O2/c23-16-6-4-15(5-7-16)14-19(26-21(30)25-18-10-8-17(24)9-11-18)20-27-22(31-28-20)29-12-2-1-3-13-29/h4-11,19H,1-3,12-14H2,(H2,25,26,30)/t19-/m0/s1. The highest BCUT2D eigenvalue weighted by molar-refractivity contribution is 6.30. The van der Waals surface area contributed by atoms with E-state index in [2.05, 4.69) is 25.7 Å². The van der Waals surface area contributed by atoms with Gasteiger partial charge in [0.1, 0.15) is 0 Å². The highest BCUT2D eigenvalue weighted by Gasteiger charge is 2.24. The minimum atomic E-state index is -0.476. The Bertz CT molecular complexity index is 1000. The summed E-state index contributed by atoms with van der Waals surface area (Å²) in [6.45, 7) is 1.79. The third-order valence-electron chi connectivity index (χ3n) is 5.13. The minimum Gasteiger partial charge on any atom is -0.327 e. The van der Waals surface area contributed by atoms with Gasteiger partial charge in [0, 0.05) is 35.2 Å². The lowest BCUT2D eigenvalue weighted by atomic mass is 10.1. The van der Waals surface area contributed by atoms with Gasteiger partial charge in [-0.05, 0) is 61.2 Å². The van der Waals surface area contributed by atoms with Crippen LogP contribution in [0.3, 0.4) is 0 Å². The number of piperidine rings is 1. The van der Waals surface area contributed by atoms with Gasteiger partial charge in [-0.25, -0.2) is 4.79 Å². The van der Waals surface area contributed by atoms with Crippen molar-refractivity contribution in [3.63, 3.8) is 0 Å². The van der Waals surface area contributed by atoms with E-state index in [4.69, 9.17) is 27.7 Å². The molecule has 0 spiro atoms.